The van der Waals surface area contributed by atoms with Crippen molar-refractivity contribution >= 4 is 11.6 Å². The molecule has 25 heavy (non-hydrogen) atoms. The molecule has 0 aromatic heterocycles. The molecule has 1 unspecified atom stereocenters. The summed E-state index contributed by atoms with van der Waals surface area (Å²) in [7, 11) is 0. The second-order valence-corrected chi connectivity index (χ2v) is 7.27. The van der Waals surface area contributed by atoms with E-state index in [1.54, 1.807) is 0 Å². The van der Waals surface area contributed by atoms with E-state index >= 15 is 0 Å². The highest BCUT2D eigenvalue weighted by Crippen LogP contribution is 2.55. The molecule has 2 aromatic rings. The van der Waals surface area contributed by atoms with E-state index in [2.05, 4.69) is 12.1 Å². The van der Waals surface area contributed by atoms with Gasteiger partial charge in [0, 0.05) is 23.9 Å². The van der Waals surface area contributed by atoms with Crippen LogP contribution in [0.15, 0.2) is 36.4 Å². The summed E-state index contributed by atoms with van der Waals surface area (Å²) >= 11 is 0. The van der Waals surface area contributed by atoms with Crippen molar-refractivity contribution in [2.45, 2.75) is 18.3 Å². The summed E-state index contributed by atoms with van der Waals surface area (Å²) in [6.45, 7) is 1.35. The highest BCUT2D eigenvalue weighted by Gasteiger charge is 2.57. The van der Waals surface area contributed by atoms with Gasteiger partial charge >= 0.3 is 0 Å². The molecule has 1 fully saturated rings. The lowest BCUT2D eigenvalue weighted by atomic mass is 9.77. The minimum absolute atomic E-state index is 0.123. The lowest BCUT2D eigenvalue weighted by Crippen LogP contribution is -2.43. The van der Waals surface area contributed by atoms with Crippen LogP contribution in [0.5, 0.6) is 17.2 Å². The minimum Gasteiger partial charge on any atom is -0.491 e. The Morgan fingerprint density at radius 1 is 1.00 bits per heavy atom. The van der Waals surface area contributed by atoms with E-state index in [9.17, 15) is 4.79 Å². The lowest BCUT2D eigenvalue weighted by Gasteiger charge is -2.23. The van der Waals surface area contributed by atoms with Crippen LogP contribution >= 0.6 is 0 Å². The Hall–Kier alpha value is -2.69. The summed E-state index contributed by atoms with van der Waals surface area (Å²) in [6.07, 6.45) is 2.43. The average Bonchev–Trinajstić information content (AvgIpc) is 3.13. The molecule has 1 aliphatic carbocycles. The summed E-state index contributed by atoms with van der Waals surface area (Å²) in [6, 6.07) is 11.9. The number of rotatable bonds is 2. The summed E-state index contributed by atoms with van der Waals surface area (Å²) in [5, 5.41) is 0. The monoisotopic (exact) mass is 335 g/mol. The van der Waals surface area contributed by atoms with Gasteiger partial charge in [-0.05, 0) is 36.5 Å². The van der Waals surface area contributed by atoms with Crippen molar-refractivity contribution < 1.29 is 19.0 Å². The molecule has 0 bridgehead atoms. The number of nitrogens with zero attached hydrogens (tertiary/aromatic N) is 1. The van der Waals surface area contributed by atoms with E-state index in [1.165, 1.54) is 12.8 Å². The number of carbonyl (C=O) groups excluding carboxylic acids is 1. The van der Waals surface area contributed by atoms with E-state index < -0.39 is 5.41 Å². The standard InChI is InChI=1S/C20H17NO4/c22-19-20(10-23-16-8-18-17(7-14(16)20)24-11-25-18)13-3-1-2-4-15(13)21(19)9-12-5-6-12/h1-4,7-8,12H,5-6,9-11H2. The lowest BCUT2D eigenvalue weighted by molar-refractivity contribution is -0.122. The summed E-state index contributed by atoms with van der Waals surface area (Å²) < 4.78 is 17.0. The quantitative estimate of drug-likeness (QED) is 0.847. The van der Waals surface area contributed by atoms with Crippen LogP contribution in [0.25, 0.3) is 0 Å². The van der Waals surface area contributed by atoms with E-state index in [1.807, 2.05) is 29.2 Å². The molecule has 2 aromatic carbocycles. The average molecular weight is 335 g/mol. The molecule has 4 aliphatic rings. The number of amides is 1. The zero-order valence-corrected chi connectivity index (χ0v) is 13.7. The van der Waals surface area contributed by atoms with Gasteiger partial charge in [-0.25, -0.2) is 0 Å². The Labute approximate surface area is 145 Å². The number of ether oxygens (including phenoxy) is 3. The summed E-state index contributed by atoms with van der Waals surface area (Å²) in [5.74, 6) is 2.85. The summed E-state index contributed by atoms with van der Waals surface area (Å²) in [5.41, 5.74) is 2.20. The van der Waals surface area contributed by atoms with Crippen molar-refractivity contribution in [2.75, 3.05) is 24.8 Å². The van der Waals surface area contributed by atoms with Gasteiger partial charge in [-0.1, -0.05) is 18.2 Å². The first-order valence-electron chi connectivity index (χ1n) is 8.76. The molecule has 5 nitrogen and oxygen atoms in total. The molecule has 1 atom stereocenters. The molecule has 5 heteroatoms. The van der Waals surface area contributed by atoms with Crippen LogP contribution < -0.4 is 19.1 Å². The van der Waals surface area contributed by atoms with Gasteiger partial charge in [0.05, 0.1) is 0 Å². The molecule has 126 valence electrons. The van der Waals surface area contributed by atoms with Gasteiger partial charge in [0.1, 0.15) is 17.8 Å². The Morgan fingerprint density at radius 2 is 1.80 bits per heavy atom. The fraction of sp³-hybridized carbons (Fsp3) is 0.350. The molecule has 3 heterocycles. The minimum atomic E-state index is -0.762. The zero-order chi connectivity index (χ0) is 16.6. The van der Waals surface area contributed by atoms with Crippen molar-refractivity contribution in [2.24, 2.45) is 5.92 Å². The first-order chi connectivity index (χ1) is 12.3. The Bertz CT molecular complexity index is 920. The van der Waals surface area contributed by atoms with Crippen LogP contribution in [0, 0.1) is 5.92 Å². The van der Waals surface area contributed by atoms with E-state index in [0.29, 0.717) is 24.0 Å². The van der Waals surface area contributed by atoms with Crippen molar-refractivity contribution in [1.82, 2.24) is 0 Å². The van der Waals surface area contributed by atoms with Crippen LogP contribution in [-0.2, 0) is 10.2 Å². The molecule has 0 saturated heterocycles. The van der Waals surface area contributed by atoms with E-state index in [-0.39, 0.29) is 12.7 Å². The van der Waals surface area contributed by atoms with Gasteiger partial charge in [-0.15, -0.1) is 0 Å². The van der Waals surface area contributed by atoms with Crippen molar-refractivity contribution in [1.29, 1.82) is 0 Å². The Morgan fingerprint density at radius 3 is 2.64 bits per heavy atom. The number of hydrogen-bond acceptors (Lipinski definition) is 4. The number of anilines is 1. The molecule has 6 rings (SSSR count). The first-order valence-corrected chi connectivity index (χ1v) is 8.76. The third-order valence-electron chi connectivity index (χ3n) is 5.78. The Balaban J connectivity index is 1.56. The van der Waals surface area contributed by atoms with Crippen LogP contribution in [0.3, 0.4) is 0 Å². The number of fused-ring (bicyclic) bond motifs is 5. The highest BCUT2D eigenvalue weighted by atomic mass is 16.7. The van der Waals surface area contributed by atoms with Crippen LogP contribution in [-0.4, -0.2) is 25.9 Å². The predicted molar refractivity (Wildman–Crippen MR) is 90.4 cm³/mol. The fourth-order valence-corrected chi connectivity index (χ4v) is 4.30. The van der Waals surface area contributed by atoms with E-state index in [0.717, 1.165) is 29.1 Å². The van der Waals surface area contributed by atoms with Crippen LogP contribution in [0.1, 0.15) is 24.0 Å². The maximum Gasteiger partial charge on any atom is 0.245 e. The normalized spacial score (nSPS) is 25.3. The highest BCUT2D eigenvalue weighted by molar-refractivity contribution is 6.11. The van der Waals surface area contributed by atoms with Gasteiger partial charge in [0.2, 0.25) is 12.7 Å². The van der Waals surface area contributed by atoms with Gasteiger partial charge in [-0.3, -0.25) is 4.79 Å². The van der Waals surface area contributed by atoms with Crippen LogP contribution in [0.2, 0.25) is 0 Å². The number of hydrogen-bond donors (Lipinski definition) is 0. The molecule has 3 aliphatic heterocycles. The maximum atomic E-state index is 13.6. The molecule has 1 saturated carbocycles. The molecular formula is C20H17NO4. The number of carbonyl (C=O) groups is 1. The van der Waals surface area contributed by atoms with Gasteiger partial charge < -0.3 is 19.1 Å². The molecule has 1 amide bonds. The Kier molecular flexibility index (Phi) is 2.43. The van der Waals surface area contributed by atoms with Crippen molar-refractivity contribution in [3.05, 3.63) is 47.5 Å². The second-order valence-electron chi connectivity index (χ2n) is 7.27. The number of benzene rings is 2. The van der Waals surface area contributed by atoms with Gasteiger partial charge in [-0.2, -0.15) is 0 Å². The third-order valence-corrected chi connectivity index (χ3v) is 5.78. The fourth-order valence-electron chi connectivity index (χ4n) is 4.30. The number of para-hydroxylation sites is 1. The zero-order valence-electron chi connectivity index (χ0n) is 13.7. The molecule has 1 spiro atoms. The second kappa shape index (κ2) is 4.48. The molecular weight excluding hydrogens is 318 g/mol. The first kappa shape index (κ1) is 13.6. The van der Waals surface area contributed by atoms with Crippen molar-refractivity contribution in [3.63, 3.8) is 0 Å². The van der Waals surface area contributed by atoms with Crippen molar-refractivity contribution in [3.8, 4) is 17.2 Å². The SMILES string of the molecule is O=C1N(CC2CC2)c2ccccc2C12COc1cc3c(cc12)OCO3. The van der Waals surface area contributed by atoms with Gasteiger partial charge in [0.15, 0.2) is 11.5 Å². The molecule has 0 radical (unpaired) electrons. The topological polar surface area (TPSA) is 48.0 Å². The summed E-state index contributed by atoms with van der Waals surface area (Å²) in [4.78, 5) is 15.6. The smallest absolute Gasteiger partial charge is 0.245 e. The molecule has 0 N–H and O–H groups in total. The van der Waals surface area contributed by atoms with Gasteiger partial charge in [0.25, 0.3) is 0 Å². The largest absolute Gasteiger partial charge is 0.491 e. The third kappa shape index (κ3) is 1.65. The van der Waals surface area contributed by atoms with E-state index in [4.69, 9.17) is 14.2 Å². The predicted octanol–water partition coefficient (Wildman–Crippen LogP) is 2.85. The van der Waals surface area contributed by atoms with Crippen LogP contribution in [0.4, 0.5) is 5.69 Å². The maximum absolute atomic E-state index is 13.6.